The van der Waals surface area contributed by atoms with Gasteiger partial charge in [-0.05, 0) is 109 Å². The second-order valence-electron chi connectivity index (χ2n) is 22.2. The van der Waals surface area contributed by atoms with Crippen LogP contribution in [-0.2, 0) is 27.9 Å². The zero-order valence-electron chi connectivity index (χ0n) is 51.1. The molecule has 0 aromatic carbocycles. The van der Waals surface area contributed by atoms with Crippen molar-refractivity contribution in [2.45, 2.75) is 270 Å². The van der Waals surface area contributed by atoms with Gasteiger partial charge in [0.2, 0.25) is 5.91 Å². The molecule has 10 heteroatoms. The van der Waals surface area contributed by atoms with Crippen LogP contribution in [0.15, 0.2) is 109 Å². The Morgan fingerprint density at radius 3 is 1.23 bits per heavy atom. The number of rotatable bonds is 56. The van der Waals surface area contributed by atoms with Gasteiger partial charge < -0.3 is 19.4 Å². The van der Waals surface area contributed by atoms with Crippen molar-refractivity contribution in [1.29, 1.82) is 0 Å². The normalized spacial score (nSPS) is 14.4. The summed E-state index contributed by atoms with van der Waals surface area (Å²) in [5.41, 5.74) is 0. The van der Waals surface area contributed by atoms with Gasteiger partial charge in [-0.15, -0.1) is 0 Å². The maximum atomic E-state index is 13.5. The fourth-order valence-corrected chi connectivity index (χ4v) is 9.36. The minimum atomic E-state index is -4.46. The molecule has 0 aliphatic carbocycles. The van der Waals surface area contributed by atoms with Gasteiger partial charge in [0.25, 0.3) is 0 Å². The maximum Gasteiger partial charge on any atom is 0.472 e. The second kappa shape index (κ2) is 56.9. The van der Waals surface area contributed by atoms with E-state index in [1.165, 1.54) is 77.0 Å². The van der Waals surface area contributed by atoms with E-state index in [0.29, 0.717) is 17.4 Å². The molecule has 9 nitrogen and oxygen atoms in total. The number of nitrogens with one attached hydrogen (secondary N) is 1. The monoisotopic (exact) mass is 1110 g/mol. The number of nitrogens with zero attached hydrogens (tertiary/aromatic N) is 1. The van der Waals surface area contributed by atoms with E-state index in [1.807, 2.05) is 33.3 Å². The van der Waals surface area contributed by atoms with Crippen molar-refractivity contribution in [2.75, 3.05) is 40.9 Å². The van der Waals surface area contributed by atoms with Gasteiger partial charge in [-0.2, -0.15) is 0 Å². The summed E-state index contributed by atoms with van der Waals surface area (Å²) in [7, 11) is 1.47. The molecule has 2 N–H and O–H groups in total. The molecular weight excluding hydrogens is 988 g/mol. The van der Waals surface area contributed by atoms with Crippen molar-refractivity contribution < 1.29 is 37.3 Å². The molecule has 0 aromatic heterocycles. The predicted molar refractivity (Wildman–Crippen MR) is 337 cm³/mol. The Morgan fingerprint density at radius 2 is 0.821 bits per heavy atom. The van der Waals surface area contributed by atoms with Gasteiger partial charge in [-0.3, -0.25) is 18.6 Å². The number of carbonyl (C=O) groups is 2. The molecule has 3 unspecified atom stereocenters. The Balaban J connectivity index is 5.28. The first kappa shape index (κ1) is 74.7. The van der Waals surface area contributed by atoms with Gasteiger partial charge in [0.05, 0.1) is 33.8 Å². The number of hydrogen-bond donors (Lipinski definition) is 2. The highest BCUT2D eigenvalue weighted by Gasteiger charge is 2.30. The van der Waals surface area contributed by atoms with Crippen molar-refractivity contribution in [3.05, 3.63) is 109 Å². The summed E-state index contributed by atoms with van der Waals surface area (Å²) >= 11 is 0. The maximum absolute atomic E-state index is 13.5. The number of unbranched alkanes of at least 4 members (excludes halogenated alkanes) is 24. The first-order valence-electron chi connectivity index (χ1n) is 31.7. The van der Waals surface area contributed by atoms with Crippen LogP contribution in [-0.4, -0.2) is 74.3 Å². The number of allylic oxidation sites excluding steroid dienone is 17. The summed E-state index contributed by atoms with van der Waals surface area (Å²) in [5.74, 6) is -0.537. The molecule has 0 aromatic rings. The lowest BCUT2D eigenvalue weighted by atomic mass is 10.0. The van der Waals surface area contributed by atoms with Crippen LogP contribution in [0.4, 0.5) is 0 Å². The van der Waals surface area contributed by atoms with E-state index in [1.54, 1.807) is 0 Å². The lowest BCUT2D eigenvalue weighted by molar-refractivity contribution is -0.870. The Bertz CT molecular complexity index is 1700. The Hall–Kier alpha value is -3.33. The number of amides is 1. The molecule has 448 valence electrons. The molecule has 0 heterocycles. The van der Waals surface area contributed by atoms with Crippen LogP contribution >= 0.6 is 7.82 Å². The topological polar surface area (TPSA) is 111 Å². The van der Waals surface area contributed by atoms with E-state index in [4.69, 9.17) is 13.8 Å². The summed E-state index contributed by atoms with van der Waals surface area (Å²) < 4.78 is 30.7. The molecule has 0 fully saturated rings. The van der Waals surface area contributed by atoms with Crippen LogP contribution in [0, 0.1) is 0 Å². The van der Waals surface area contributed by atoms with E-state index < -0.39 is 20.0 Å². The van der Waals surface area contributed by atoms with Crippen molar-refractivity contribution in [2.24, 2.45) is 0 Å². The standard InChI is InChI=1S/C68H119N2O7P/c1-7-10-13-16-19-22-25-28-30-32-33-34-35-36-37-38-40-43-46-49-52-55-58-61-68(72)77-66(59-56-53-50-47-44-41-27-24-21-18-15-12-9-3)65(64-76-78(73,74)75-63-62-70(4,5)6)69-67(71)60-57-54-51-48-45-42-39-31-29-26-23-20-17-14-11-8-2/h10-11,13-14,19-20,22-23,28-31,33-34,36-37,56,59,65-66H,7-9,12,15-18,21,24-27,32,35,38-55,57-58,60-64H2,1-6H3,(H-,69,71,73,74)/p+1/b13-10-,14-11+,22-19-,23-20+,30-28-,31-29+,34-33-,37-36-,59-56-. The summed E-state index contributed by atoms with van der Waals surface area (Å²) in [5, 5.41) is 3.05. The highest BCUT2D eigenvalue weighted by atomic mass is 31.2. The molecule has 0 saturated carbocycles. The van der Waals surface area contributed by atoms with E-state index >= 15 is 0 Å². The zero-order chi connectivity index (χ0) is 57.2. The van der Waals surface area contributed by atoms with Gasteiger partial charge >= 0.3 is 13.8 Å². The number of likely N-dealkylation sites (N-methyl/N-ethyl adjacent to an activating group) is 1. The molecule has 0 bridgehead atoms. The largest absolute Gasteiger partial charge is 0.472 e. The highest BCUT2D eigenvalue weighted by molar-refractivity contribution is 7.47. The zero-order valence-corrected chi connectivity index (χ0v) is 52.0. The summed E-state index contributed by atoms with van der Waals surface area (Å²) in [6.07, 6.45) is 78.0. The van der Waals surface area contributed by atoms with E-state index in [9.17, 15) is 19.0 Å². The minimum Gasteiger partial charge on any atom is -0.456 e. The number of phosphoric acid groups is 1. The summed E-state index contributed by atoms with van der Waals surface area (Å²) in [6, 6.07) is -0.867. The molecule has 78 heavy (non-hydrogen) atoms. The van der Waals surface area contributed by atoms with Gasteiger partial charge in [0, 0.05) is 12.8 Å². The van der Waals surface area contributed by atoms with Crippen molar-refractivity contribution >= 4 is 19.7 Å². The molecule has 0 aliphatic rings. The van der Waals surface area contributed by atoms with Gasteiger partial charge in [0.15, 0.2) is 0 Å². The molecule has 0 saturated heterocycles. The summed E-state index contributed by atoms with van der Waals surface area (Å²) in [4.78, 5) is 37.8. The third kappa shape index (κ3) is 57.4. The Kier molecular flexibility index (Phi) is 54.5. The van der Waals surface area contributed by atoms with E-state index in [0.717, 1.165) is 148 Å². The van der Waals surface area contributed by atoms with E-state index in [-0.39, 0.29) is 31.5 Å². The van der Waals surface area contributed by atoms with Crippen molar-refractivity contribution in [1.82, 2.24) is 5.32 Å². The third-order valence-corrected chi connectivity index (χ3v) is 14.4. The smallest absolute Gasteiger partial charge is 0.456 e. The van der Waals surface area contributed by atoms with Crippen LogP contribution in [0.25, 0.3) is 0 Å². The average Bonchev–Trinajstić information content (AvgIpc) is 3.40. The molecule has 0 rings (SSSR count). The number of hydrogen-bond acceptors (Lipinski definition) is 6. The first-order chi connectivity index (χ1) is 37.9. The quantitative estimate of drug-likeness (QED) is 0.0205. The number of ether oxygens (including phenoxy) is 1. The molecule has 0 spiro atoms. The number of quaternary nitrogens is 1. The lowest BCUT2D eigenvalue weighted by Gasteiger charge is -2.27. The van der Waals surface area contributed by atoms with Gasteiger partial charge in [-0.1, -0.05) is 246 Å². The molecule has 3 atom stereocenters. The Morgan fingerprint density at radius 1 is 0.462 bits per heavy atom. The average molecular weight is 1110 g/mol. The lowest BCUT2D eigenvalue weighted by Crippen LogP contribution is -2.47. The molecule has 0 aliphatic heterocycles. The fraction of sp³-hybridized carbons (Fsp3) is 0.706. The first-order valence-corrected chi connectivity index (χ1v) is 33.2. The van der Waals surface area contributed by atoms with Gasteiger partial charge in [-0.25, -0.2) is 4.57 Å². The minimum absolute atomic E-state index is 0.0302. The third-order valence-electron chi connectivity index (χ3n) is 13.5. The number of carbonyl (C=O) groups excluding carboxylic acids is 2. The Labute approximate surface area is 481 Å². The van der Waals surface area contributed by atoms with Crippen LogP contribution in [0.3, 0.4) is 0 Å². The number of esters is 1. The van der Waals surface area contributed by atoms with Crippen LogP contribution in [0.5, 0.6) is 0 Å². The number of phosphoric ester groups is 1. The highest BCUT2D eigenvalue weighted by Crippen LogP contribution is 2.43. The SMILES string of the molecule is CC/C=C\C/C=C\C/C=C\C/C=C\C/C=C\CCCCCCCCCC(=O)OC(/C=C\CCCCCCCCCCCCC)C(COP(=O)(O)OCC[N+](C)(C)C)NC(=O)CCCCCCCC/C=C/C/C=C/C/C=C/CC. The molecule has 1 amide bonds. The van der Waals surface area contributed by atoms with Crippen LogP contribution in [0.2, 0.25) is 0 Å². The van der Waals surface area contributed by atoms with Gasteiger partial charge in [0.1, 0.15) is 19.3 Å². The van der Waals surface area contributed by atoms with E-state index in [2.05, 4.69) is 123 Å². The molecule has 0 radical (unpaired) electrons. The van der Waals surface area contributed by atoms with Crippen LogP contribution in [0.1, 0.15) is 258 Å². The van der Waals surface area contributed by atoms with Crippen molar-refractivity contribution in [3.8, 4) is 0 Å². The van der Waals surface area contributed by atoms with Crippen molar-refractivity contribution in [3.63, 3.8) is 0 Å². The fourth-order valence-electron chi connectivity index (χ4n) is 8.63. The summed E-state index contributed by atoms with van der Waals surface area (Å²) in [6.45, 7) is 6.77. The molecular formula is C68H120N2O7P+. The van der Waals surface area contributed by atoms with Crippen LogP contribution < -0.4 is 5.32 Å². The predicted octanol–water partition coefficient (Wildman–Crippen LogP) is 19.7. The second-order valence-corrected chi connectivity index (χ2v) is 23.6.